The van der Waals surface area contributed by atoms with Crippen molar-refractivity contribution in [2.45, 2.75) is 161 Å². The van der Waals surface area contributed by atoms with Gasteiger partial charge >= 0.3 is 0 Å². The fourth-order valence-electron chi connectivity index (χ4n) is 8.93. The molecular formula is C35H62N4O4. The predicted molar refractivity (Wildman–Crippen MR) is 170 cm³/mol. The Bertz CT molecular complexity index is 911. The van der Waals surface area contributed by atoms with Crippen molar-refractivity contribution in [1.82, 2.24) is 20.4 Å². The number of hydrogen-bond donors (Lipinski definition) is 2. The SMILES string of the molecule is CC(C)(C)NC(=O)C1CC2CCCCC2CN1C[C@@H]1OC(C)(C)O[C@H]1CN1CC2CCCCC2CC1C(=O)NC(C)(C)C. The van der Waals surface area contributed by atoms with Gasteiger partial charge in [0.15, 0.2) is 5.79 Å². The summed E-state index contributed by atoms with van der Waals surface area (Å²) >= 11 is 0. The fraction of sp³-hybridized carbons (Fsp3) is 0.943. The van der Waals surface area contributed by atoms with Gasteiger partial charge in [0.2, 0.25) is 11.8 Å². The van der Waals surface area contributed by atoms with Gasteiger partial charge in [0.25, 0.3) is 0 Å². The van der Waals surface area contributed by atoms with Crippen LogP contribution in [-0.4, -0.2) is 88.9 Å². The standard InChI is InChI=1S/C35H62N4O4/c1-33(2,3)36-31(40)27-17-23-13-9-11-15-25(23)19-38(27)21-29-30(43-35(7,8)42-29)22-39-20-26-16-12-10-14-24(26)18-28(39)32(41)37-34(4,5)6/h23-30H,9-22H2,1-8H3,(H,36,40)(H,37,41)/t23?,24?,25?,26?,27?,28?,29-,30-/m0/s1. The smallest absolute Gasteiger partial charge is 0.237 e. The lowest BCUT2D eigenvalue weighted by Gasteiger charge is -2.48. The summed E-state index contributed by atoms with van der Waals surface area (Å²) in [5, 5.41) is 6.58. The van der Waals surface area contributed by atoms with E-state index in [2.05, 4.69) is 62.0 Å². The normalized spacial score (nSPS) is 37.3. The van der Waals surface area contributed by atoms with E-state index in [4.69, 9.17) is 9.47 Å². The van der Waals surface area contributed by atoms with Crippen molar-refractivity contribution in [2.24, 2.45) is 23.7 Å². The second-order valence-corrected chi connectivity index (χ2v) is 17.2. The molecule has 2 aliphatic carbocycles. The lowest BCUT2D eigenvalue weighted by Crippen LogP contribution is -2.61. The van der Waals surface area contributed by atoms with E-state index < -0.39 is 5.79 Å². The topological polar surface area (TPSA) is 83.1 Å². The van der Waals surface area contributed by atoms with Gasteiger partial charge in [0, 0.05) is 37.3 Å². The number of ether oxygens (including phenoxy) is 2. The number of hydrogen-bond acceptors (Lipinski definition) is 6. The zero-order valence-corrected chi connectivity index (χ0v) is 28.5. The van der Waals surface area contributed by atoms with Crippen LogP contribution >= 0.6 is 0 Å². The van der Waals surface area contributed by atoms with E-state index in [0.29, 0.717) is 36.8 Å². The molecule has 246 valence electrons. The van der Waals surface area contributed by atoms with Crippen LogP contribution in [0.25, 0.3) is 0 Å². The Labute approximate surface area is 261 Å². The average molecular weight is 603 g/mol. The molecule has 5 rings (SSSR count). The molecule has 2 amide bonds. The number of fused-ring (bicyclic) bond motifs is 2. The minimum atomic E-state index is -0.700. The Kier molecular flexibility index (Phi) is 9.93. The molecule has 6 unspecified atom stereocenters. The minimum Gasteiger partial charge on any atom is -0.350 e. The van der Waals surface area contributed by atoms with Crippen molar-refractivity contribution in [1.29, 1.82) is 0 Å². The zero-order valence-electron chi connectivity index (χ0n) is 28.5. The maximum absolute atomic E-state index is 13.7. The number of piperidine rings is 2. The number of carbonyl (C=O) groups excluding carboxylic acids is 2. The first-order chi connectivity index (χ1) is 20.1. The van der Waals surface area contributed by atoms with E-state index in [9.17, 15) is 9.59 Å². The molecule has 2 saturated carbocycles. The Morgan fingerprint density at radius 3 is 1.35 bits per heavy atom. The van der Waals surface area contributed by atoms with Gasteiger partial charge in [-0.25, -0.2) is 0 Å². The van der Waals surface area contributed by atoms with Crippen LogP contribution in [0, 0.1) is 23.7 Å². The second-order valence-electron chi connectivity index (χ2n) is 17.2. The third-order valence-electron chi connectivity index (χ3n) is 10.7. The summed E-state index contributed by atoms with van der Waals surface area (Å²) in [7, 11) is 0. The van der Waals surface area contributed by atoms with Crippen molar-refractivity contribution in [3.8, 4) is 0 Å². The van der Waals surface area contributed by atoms with E-state index >= 15 is 0 Å². The highest BCUT2D eigenvalue weighted by molar-refractivity contribution is 5.83. The maximum atomic E-state index is 13.7. The largest absolute Gasteiger partial charge is 0.350 e. The van der Waals surface area contributed by atoms with Crippen LogP contribution in [0.5, 0.6) is 0 Å². The van der Waals surface area contributed by atoms with Crippen LogP contribution in [-0.2, 0) is 19.1 Å². The lowest BCUT2D eigenvalue weighted by molar-refractivity contribution is -0.153. The first-order valence-electron chi connectivity index (χ1n) is 17.5. The molecule has 8 nitrogen and oxygen atoms in total. The van der Waals surface area contributed by atoms with Crippen molar-refractivity contribution in [3.05, 3.63) is 0 Å². The summed E-state index contributed by atoms with van der Waals surface area (Å²) in [5.41, 5.74) is -0.533. The van der Waals surface area contributed by atoms with Gasteiger partial charge in [-0.05, 0) is 105 Å². The number of carbonyl (C=O) groups is 2. The summed E-state index contributed by atoms with van der Waals surface area (Å²) in [4.78, 5) is 32.2. The van der Waals surface area contributed by atoms with Gasteiger partial charge in [-0.1, -0.05) is 38.5 Å². The first kappa shape index (κ1) is 33.2. The molecule has 8 heteroatoms. The summed E-state index contributed by atoms with van der Waals surface area (Å²) in [5.74, 6) is 2.15. The second kappa shape index (κ2) is 12.9. The Hall–Kier alpha value is -1.22. The van der Waals surface area contributed by atoms with Crippen LogP contribution in [0.3, 0.4) is 0 Å². The number of nitrogens with one attached hydrogen (secondary N) is 2. The molecular weight excluding hydrogens is 540 g/mol. The van der Waals surface area contributed by atoms with Crippen LogP contribution in [0.15, 0.2) is 0 Å². The molecule has 0 radical (unpaired) electrons. The molecule has 43 heavy (non-hydrogen) atoms. The molecule has 3 heterocycles. The van der Waals surface area contributed by atoms with E-state index in [-0.39, 0.29) is 47.2 Å². The van der Waals surface area contributed by atoms with Gasteiger partial charge < -0.3 is 20.1 Å². The quantitative estimate of drug-likeness (QED) is 0.441. The highest BCUT2D eigenvalue weighted by Crippen LogP contribution is 2.42. The fourth-order valence-corrected chi connectivity index (χ4v) is 8.93. The predicted octanol–water partition coefficient (Wildman–Crippen LogP) is 5.10. The van der Waals surface area contributed by atoms with Gasteiger partial charge in [0.05, 0.1) is 12.1 Å². The van der Waals surface area contributed by atoms with Gasteiger partial charge in [0.1, 0.15) is 12.2 Å². The Balaban J connectivity index is 1.34. The summed E-state index contributed by atoms with van der Waals surface area (Å²) in [6, 6.07) is -0.287. The molecule has 0 aromatic rings. The van der Waals surface area contributed by atoms with Crippen LogP contribution in [0.4, 0.5) is 0 Å². The number of nitrogens with zero attached hydrogens (tertiary/aromatic N) is 2. The van der Waals surface area contributed by atoms with E-state index in [0.717, 1.165) is 25.9 Å². The summed E-state index contributed by atoms with van der Waals surface area (Å²) in [6.45, 7) is 19.7. The van der Waals surface area contributed by atoms with Crippen LogP contribution < -0.4 is 10.6 Å². The minimum absolute atomic E-state index is 0.143. The third-order valence-corrected chi connectivity index (χ3v) is 10.7. The monoisotopic (exact) mass is 602 g/mol. The first-order valence-corrected chi connectivity index (χ1v) is 17.5. The van der Waals surface area contributed by atoms with Crippen LogP contribution in [0.2, 0.25) is 0 Å². The number of amides is 2. The van der Waals surface area contributed by atoms with Crippen molar-refractivity contribution < 1.29 is 19.1 Å². The number of rotatable bonds is 6. The molecule has 0 spiro atoms. The van der Waals surface area contributed by atoms with Crippen molar-refractivity contribution in [2.75, 3.05) is 26.2 Å². The highest BCUT2D eigenvalue weighted by Gasteiger charge is 2.49. The molecule has 0 bridgehead atoms. The average Bonchev–Trinajstić information content (AvgIpc) is 3.18. The molecule has 3 aliphatic heterocycles. The molecule has 5 fully saturated rings. The van der Waals surface area contributed by atoms with Crippen molar-refractivity contribution in [3.63, 3.8) is 0 Å². The Morgan fingerprint density at radius 1 is 0.651 bits per heavy atom. The summed E-state index contributed by atoms with van der Waals surface area (Å²) in [6.07, 6.45) is 11.7. The lowest BCUT2D eigenvalue weighted by atomic mass is 9.72. The maximum Gasteiger partial charge on any atom is 0.237 e. The van der Waals surface area contributed by atoms with Crippen molar-refractivity contribution >= 4 is 11.8 Å². The molecule has 8 atom stereocenters. The van der Waals surface area contributed by atoms with Gasteiger partial charge in [-0.15, -0.1) is 0 Å². The number of likely N-dealkylation sites (tertiary alicyclic amines) is 2. The van der Waals surface area contributed by atoms with Gasteiger partial charge in [-0.3, -0.25) is 19.4 Å². The molecule has 0 aromatic carbocycles. The molecule has 3 saturated heterocycles. The molecule has 0 aromatic heterocycles. The Morgan fingerprint density at radius 2 is 1.00 bits per heavy atom. The molecule has 2 N–H and O–H groups in total. The highest BCUT2D eigenvalue weighted by atomic mass is 16.8. The van der Waals surface area contributed by atoms with E-state index in [1.807, 2.05) is 13.8 Å². The zero-order chi connectivity index (χ0) is 31.2. The summed E-state index contributed by atoms with van der Waals surface area (Å²) < 4.78 is 13.3. The van der Waals surface area contributed by atoms with Gasteiger partial charge in [-0.2, -0.15) is 0 Å². The van der Waals surface area contributed by atoms with Crippen LogP contribution in [0.1, 0.15) is 120 Å². The third kappa shape index (κ3) is 8.53. The molecule has 5 aliphatic rings. The van der Waals surface area contributed by atoms with E-state index in [1.165, 1.54) is 51.4 Å². The van der Waals surface area contributed by atoms with E-state index in [1.54, 1.807) is 0 Å².